The molecular formula is C21H20N2O3S. The number of carbonyl (C=O) groups excluding carboxylic acids is 1. The van der Waals surface area contributed by atoms with Gasteiger partial charge in [0.2, 0.25) is 0 Å². The van der Waals surface area contributed by atoms with Crippen molar-refractivity contribution in [1.29, 1.82) is 0 Å². The van der Waals surface area contributed by atoms with E-state index >= 15 is 0 Å². The Balaban J connectivity index is 1.48. The molecule has 2 aromatic carbocycles. The summed E-state index contributed by atoms with van der Waals surface area (Å²) in [4.78, 5) is 17.1. The van der Waals surface area contributed by atoms with E-state index in [1.807, 2.05) is 5.38 Å². The molecule has 1 aliphatic heterocycles. The largest absolute Gasteiger partial charge is 0.486 e. The second-order valence-electron chi connectivity index (χ2n) is 6.63. The second kappa shape index (κ2) is 7.40. The summed E-state index contributed by atoms with van der Waals surface area (Å²) in [7, 11) is 0. The van der Waals surface area contributed by atoms with Crippen LogP contribution in [0.15, 0.2) is 47.8 Å². The highest BCUT2D eigenvalue weighted by atomic mass is 32.1. The van der Waals surface area contributed by atoms with Gasteiger partial charge in [0.1, 0.15) is 13.2 Å². The fourth-order valence-corrected chi connectivity index (χ4v) is 3.57. The van der Waals surface area contributed by atoms with Crippen molar-refractivity contribution < 1.29 is 14.3 Å². The van der Waals surface area contributed by atoms with Crippen molar-refractivity contribution in [1.82, 2.24) is 4.98 Å². The molecule has 4 rings (SSSR count). The number of amides is 1. The van der Waals surface area contributed by atoms with E-state index < -0.39 is 0 Å². The molecule has 0 saturated heterocycles. The summed E-state index contributed by atoms with van der Waals surface area (Å²) >= 11 is 1.41. The van der Waals surface area contributed by atoms with E-state index in [1.54, 1.807) is 18.2 Å². The fraction of sp³-hybridized carbons (Fsp3) is 0.238. The first-order valence-electron chi connectivity index (χ1n) is 8.87. The maximum Gasteiger partial charge on any atom is 0.257 e. The third-order valence-corrected chi connectivity index (χ3v) is 5.16. The summed E-state index contributed by atoms with van der Waals surface area (Å²) < 4.78 is 11.0. The average Bonchev–Trinajstić information content (AvgIpc) is 3.16. The van der Waals surface area contributed by atoms with Crippen molar-refractivity contribution in [3.8, 4) is 22.8 Å². The molecule has 5 nitrogen and oxygen atoms in total. The van der Waals surface area contributed by atoms with Crippen molar-refractivity contribution in [2.45, 2.75) is 19.8 Å². The molecule has 0 unspecified atom stereocenters. The third-order valence-electron chi connectivity index (χ3n) is 4.40. The fourth-order valence-electron chi connectivity index (χ4n) is 2.86. The third kappa shape index (κ3) is 3.80. The van der Waals surface area contributed by atoms with Crippen LogP contribution in [0.4, 0.5) is 5.13 Å². The van der Waals surface area contributed by atoms with E-state index in [0.717, 1.165) is 11.3 Å². The Morgan fingerprint density at radius 1 is 1.07 bits per heavy atom. The molecule has 0 bridgehead atoms. The van der Waals surface area contributed by atoms with Crippen LogP contribution in [0.1, 0.15) is 35.7 Å². The first-order valence-corrected chi connectivity index (χ1v) is 9.75. The molecule has 2 heterocycles. The van der Waals surface area contributed by atoms with Gasteiger partial charge in [0.05, 0.1) is 5.69 Å². The molecule has 3 aromatic rings. The number of benzene rings is 2. The van der Waals surface area contributed by atoms with E-state index in [-0.39, 0.29) is 5.91 Å². The summed E-state index contributed by atoms with van der Waals surface area (Å²) in [5.41, 5.74) is 3.70. The van der Waals surface area contributed by atoms with Crippen molar-refractivity contribution in [3.05, 3.63) is 59.0 Å². The summed E-state index contributed by atoms with van der Waals surface area (Å²) in [5.74, 6) is 1.54. The zero-order valence-corrected chi connectivity index (χ0v) is 16.0. The minimum absolute atomic E-state index is 0.219. The van der Waals surface area contributed by atoms with Crippen molar-refractivity contribution in [2.24, 2.45) is 0 Å². The number of hydrogen-bond donors (Lipinski definition) is 1. The lowest BCUT2D eigenvalue weighted by Gasteiger charge is -2.18. The van der Waals surface area contributed by atoms with E-state index in [2.05, 4.69) is 48.4 Å². The lowest BCUT2D eigenvalue weighted by Crippen LogP contribution is -2.17. The van der Waals surface area contributed by atoms with Gasteiger partial charge in [0, 0.05) is 16.5 Å². The molecule has 1 N–H and O–H groups in total. The quantitative estimate of drug-likeness (QED) is 0.695. The number of fused-ring (bicyclic) bond motifs is 1. The average molecular weight is 380 g/mol. The van der Waals surface area contributed by atoms with Crippen molar-refractivity contribution in [2.75, 3.05) is 18.5 Å². The second-order valence-corrected chi connectivity index (χ2v) is 7.49. The molecule has 0 saturated carbocycles. The molecule has 0 aliphatic carbocycles. The Labute approximate surface area is 162 Å². The van der Waals surface area contributed by atoms with Crippen LogP contribution in [0.3, 0.4) is 0 Å². The normalized spacial score (nSPS) is 12.9. The van der Waals surface area contributed by atoms with Crippen molar-refractivity contribution in [3.63, 3.8) is 0 Å². The van der Waals surface area contributed by atoms with Gasteiger partial charge < -0.3 is 9.47 Å². The van der Waals surface area contributed by atoms with Crippen LogP contribution in [0, 0.1) is 0 Å². The maximum atomic E-state index is 12.5. The van der Waals surface area contributed by atoms with Crippen LogP contribution < -0.4 is 14.8 Å². The van der Waals surface area contributed by atoms with Crippen LogP contribution in [0.25, 0.3) is 11.3 Å². The highest BCUT2D eigenvalue weighted by Crippen LogP contribution is 2.31. The van der Waals surface area contributed by atoms with Gasteiger partial charge in [-0.15, -0.1) is 11.3 Å². The minimum Gasteiger partial charge on any atom is -0.486 e. The van der Waals surface area contributed by atoms with Gasteiger partial charge in [0.15, 0.2) is 16.6 Å². The highest BCUT2D eigenvalue weighted by molar-refractivity contribution is 7.14. The Morgan fingerprint density at radius 3 is 2.56 bits per heavy atom. The smallest absolute Gasteiger partial charge is 0.257 e. The van der Waals surface area contributed by atoms with Gasteiger partial charge >= 0.3 is 0 Å². The molecule has 0 atom stereocenters. The Morgan fingerprint density at radius 2 is 1.81 bits per heavy atom. The maximum absolute atomic E-state index is 12.5. The molecule has 0 radical (unpaired) electrons. The lowest BCUT2D eigenvalue weighted by molar-refractivity contribution is 0.102. The minimum atomic E-state index is -0.219. The van der Waals surface area contributed by atoms with E-state index in [0.29, 0.717) is 41.3 Å². The first kappa shape index (κ1) is 17.5. The van der Waals surface area contributed by atoms with E-state index in [4.69, 9.17) is 9.47 Å². The lowest BCUT2D eigenvalue weighted by atomic mass is 10.0. The van der Waals surface area contributed by atoms with Gasteiger partial charge in [-0.3, -0.25) is 10.1 Å². The Hall–Kier alpha value is -2.86. The number of hydrogen-bond acceptors (Lipinski definition) is 5. The van der Waals surface area contributed by atoms with Gasteiger partial charge in [-0.25, -0.2) is 4.98 Å². The number of anilines is 1. The predicted molar refractivity (Wildman–Crippen MR) is 107 cm³/mol. The molecular weight excluding hydrogens is 360 g/mol. The molecule has 1 aliphatic rings. The van der Waals surface area contributed by atoms with Gasteiger partial charge in [-0.2, -0.15) is 0 Å². The summed E-state index contributed by atoms with van der Waals surface area (Å²) in [6.07, 6.45) is 0. The number of thiazole rings is 1. The van der Waals surface area contributed by atoms with E-state index in [1.165, 1.54) is 16.9 Å². The van der Waals surface area contributed by atoms with Crippen LogP contribution >= 0.6 is 11.3 Å². The Kier molecular flexibility index (Phi) is 4.81. The molecule has 0 spiro atoms. The predicted octanol–water partition coefficient (Wildman–Crippen LogP) is 4.96. The number of nitrogens with one attached hydrogen (secondary N) is 1. The van der Waals surface area contributed by atoms with Crippen molar-refractivity contribution >= 4 is 22.4 Å². The van der Waals surface area contributed by atoms with Gasteiger partial charge in [-0.1, -0.05) is 38.1 Å². The topological polar surface area (TPSA) is 60.5 Å². The molecule has 1 aromatic heterocycles. The monoisotopic (exact) mass is 380 g/mol. The van der Waals surface area contributed by atoms with Gasteiger partial charge in [0.25, 0.3) is 5.91 Å². The first-order chi connectivity index (χ1) is 13.1. The summed E-state index contributed by atoms with van der Waals surface area (Å²) in [6, 6.07) is 13.5. The highest BCUT2D eigenvalue weighted by Gasteiger charge is 2.16. The van der Waals surface area contributed by atoms with Crippen LogP contribution in [0.2, 0.25) is 0 Å². The van der Waals surface area contributed by atoms with Crippen LogP contribution in [0.5, 0.6) is 11.5 Å². The molecule has 6 heteroatoms. The van der Waals surface area contributed by atoms with Crippen LogP contribution in [-0.2, 0) is 0 Å². The van der Waals surface area contributed by atoms with Gasteiger partial charge in [-0.05, 0) is 29.7 Å². The summed E-state index contributed by atoms with van der Waals surface area (Å²) in [5, 5.41) is 5.37. The molecule has 1 amide bonds. The summed E-state index contributed by atoms with van der Waals surface area (Å²) in [6.45, 7) is 5.36. The number of ether oxygens (including phenoxy) is 2. The number of aromatic nitrogens is 1. The van der Waals surface area contributed by atoms with Crippen LogP contribution in [-0.4, -0.2) is 24.1 Å². The zero-order chi connectivity index (χ0) is 18.8. The number of carbonyl (C=O) groups is 1. The van der Waals surface area contributed by atoms with E-state index in [9.17, 15) is 4.79 Å². The zero-order valence-electron chi connectivity index (χ0n) is 15.2. The molecule has 0 fully saturated rings. The Bertz CT molecular complexity index is 964. The molecule has 138 valence electrons. The standard InChI is InChI=1S/C21H20N2O3S/c1-13(2)14-3-5-15(6-4-14)17-12-27-21(22-17)23-20(24)16-7-8-18-19(11-16)26-10-9-25-18/h3-8,11-13H,9-10H2,1-2H3,(H,22,23,24). The number of nitrogens with zero attached hydrogens (tertiary/aromatic N) is 1. The number of rotatable bonds is 4. The molecule has 27 heavy (non-hydrogen) atoms. The SMILES string of the molecule is CC(C)c1ccc(-c2csc(NC(=O)c3ccc4c(c3)OCCO4)n2)cc1.